The fourth-order valence-electron chi connectivity index (χ4n) is 2.20. The van der Waals surface area contributed by atoms with Crippen molar-refractivity contribution < 1.29 is 15.0 Å². The predicted octanol–water partition coefficient (Wildman–Crippen LogP) is 1.19. The van der Waals surface area contributed by atoms with Crippen molar-refractivity contribution in [3.05, 3.63) is 33.9 Å². The third kappa shape index (κ3) is 2.89. The molecule has 1 amide bonds. The Hall–Kier alpha value is -1.39. The van der Waals surface area contributed by atoms with E-state index in [-0.39, 0.29) is 6.42 Å². The summed E-state index contributed by atoms with van der Waals surface area (Å²) < 4.78 is 0. The van der Waals surface area contributed by atoms with Crippen molar-refractivity contribution in [2.45, 2.75) is 46.3 Å². The van der Waals surface area contributed by atoms with Crippen LogP contribution in [0.5, 0.6) is 0 Å². The number of carbonyl (C=O) groups excluding carboxylic acids is 1. The SMILES string of the molecule is Cc1cc(C)c(C)c(C(O)C(O)CC(N)=O)c1C. The normalized spacial score (nSPS) is 14.3. The van der Waals surface area contributed by atoms with Crippen LogP contribution in [0.25, 0.3) is 0 Å². The maximum Gasteiger partial charge on any atom is 0.220 e. The first-order valence-electron chi connectivity index (χ1n) is 5.97. The van der Waals surface area contributed by atoms with E-state index >= 15 is 0 Å². The van der Waals surface area contributed by atoms with Crippen LogP contribution in [0.4, 0.5) is 0 Å². The number of hydrogen-bond acceptors (Lipinski definition) is 3. The molecule has 1 rings (SSSR count). The number of rotatable bonds is 4. The van der Waals surface area contributed by atoms with Crippen molar-refractivity contribution in [2.24, 2.45) is 5.73 Å². The fourth-order valence-corrected chi connectivity index (χ4v) is 2.20. The molecular weight excluding hydrogens is 230 g/mol. The highest BCUT2D eigenvalue weighted by molar-refractivity contribution is 5.74. The molecule has 0 aliphatic rings. The van der Waals surface area contributed by atoms with Gasteiger partial charge in [0.15, 0.2) is 0 Å². The molecule has 0 saturated heterocycles. The molecule has 4 N–H and O–H groups in total. The van der Waals surface area contributed by atoms with Gasteiger partial charge in [0.1, 0.15) is 6.10 Å². The number of aryl methyl sites for hydroxylation is 2. The van der Waals surface area contributed by atoms with Crippen molar-refractivity contribution in [1.82, 2.24) is 0 Å². The number of carbonyl (C=O) groups is 1. The van der Waals surface area contributed by atoms with E-state index in [2.05, 4.69) is 0 Å². The maximum absolute atomic E-state index is 10.8. The summed E-state index contributed by atoms with van der Waals surface area (Å²) in [4.78, 5) is 10.8. The maximum atomic E-state index is 10.8. The van der Waals surface area contributed by atoms with E-state index in [9.17, 15) is 15.0 Å². The molecular formula is C14H21NO3. The Bertz CT molecular complexity index is 442. The minimum Gasteiger partial charge on any atom is -0.390 e. The molecule has 0 radical (unpaired) electrons. The Kier molecular flexibility index (Phi) is 4.48. The molecule has 1 aromatic rings. The van der Waals surface area contributed by atoms with Gasteiger partial charge in [0.2, 0.25) is 5.91 Å². The first-order valence-corrected chi connectivity index (χ1v) is 5.97. The van der Waals surface area contributed by atoms with Gasteiger partial charge in [0.05, 0.1) is 12.5 Å². The summed E-state index contributed by atoms with van der Waals surface area (Å²) in [6.45, 7) is 7.71. The van der Waals surface area contributed by atoms with Crippen molar-refractivity contribution in [1.29, 1.82) is 0 Å². The lowest BCUT2D eigenvalue weighted by atomic mass is 9.88. The van der Waals surface area contributed by atoms with Gasteiger partial charge in [0, 0.05) is 0 Å². The summed E-state index contributed by atoms with van der Waals surface area (Å²) in [5, 5.41) is 20.0. The summed E-state index contributed by atoms with van der Waals surface area (Å²) in [7, 11) is 0. The minimum atomic E-state index is -1.17. The van der Waals surface area contributed by atoms with Crippen LogP contribution in [0.15, 0.2) is 6.07 Å². The van der Waals surface area contributed by atoms with Crippen LogP contribution in [-0.2, 0) is 4.79 Å². The summed E-state index contributed by atoms with van der Waals surface area (Å²) in [5.74, 6) is -0.624. The summed E-state index contributed by atoms with van der Waals surface area (Å²) >= 11 is 0. The lowest BCUT2D eigenvalue weighted by molar-refractivity contribution is -0.121. The molecule has 1 aromatic carbocycles. The topological polar surface area (TPSA) is 83.6 Å². The van der Waals surface area contributed by atoms with Gasteiger partial charge in [0.25, 0.3) is 0 Å². The Morgan fingerprint density at radius 1 is 1.17 bits per heavy atom. The van der Waals surface area contributed by atoms with Gasteiger partial charge in [-0.1, -0.05) is 6.07 Å². The Morgan fingerprint density at radius 2 is 1.61 bits per heavy atom. The number of primary amides is 1. The van der Waals surface area contributed by atoms with Gasteiger partial charge in [-0.25, -0.2) is 0 Å². The van der Waals surface area contributed by atoms with Gasteiger partial charge in [-0.05, 0) is 55.5 Å². The summed E-state index contributed by atoms with van der Waals surface area (Å²) in [6, 6.07) is 2.04. The lowest BCUT2D eigenvalue weighted by Gasteiger charge is -2.23. The predicted molar refractivity (Wildman–Crippen MR) is 70.2 cm³/mol. The van der Waals surface area contributed by atoms with Crippen LogP contribution < -0.4 is 5.73 Å². The Morgan fingerprint density at radius 3 is 2.00 bits per heavy atom. The van der Waals surface area contributed by atoms with Gasteiger partial charge in [-0.2, -0.15) is 0 Å². The molecule has 0 bridgehead atoms. The highest BCUT2D eigenvalue weighted by atomic mass is 16.3. The largest absolute Gasteiger partial charge is 0.390 e. The third-order valence-electron chi connectivity index (χ3n) is 3.49. The molecule has 0 saturated carbocycles. The van der Waals surface area contributed by atoms with E-state index in [0.29, 0.717) is 5.56 Å². The molecule has 0 aliphatic carbocycles. The first-order chi connectivity index (χ1) is 8.25. The van der Waals surface area contributed by atoms with Crippen LogP contribution in [-0.4, -0.2) is 22.2 Å². The van der Waals surface area contributed by atoms with E-state index in [1.54, 1.807) is 0 Å². The molecule has 0 heterocycles. The third-order valence-corrected chi connectivity index (χ3v) is 3.49. The first kappa shape index (κ1) is 14.7. The summed E-state index contributed by atoms with van der Waals surface area (Å²) in [5.41, 5.74) is 9.72. The van der Waals surface area contributed by atoms with Crippen LogP contribution in [0.3, 0.4) is 0 Å². The average Bonchev–Trinajstić information content (AvgIpc) is 2.25. The number of aliphatic hydroxyl groups is 2. The quantitative estimate of drug-likeness (QED) is 0.751. The highest BCUT2D eigenvalue weighted by Gasteiger charge is 2.24. The van der Waals surface area contributed by atoms with E-state index in [4.69, 9.17) is 5.73 Å². The van der Waals surface area contributed by atoms with Gasteiger partial charge >= 0.3 is 0 Å². The van der Waals surface area contributed by atoms with Crippen LogP contribution >= 0.6 is 0 Å². The van der Waals surface area contributed by atoms with Crippen molar-refractivity contribution in [3.8, 4) is 0 Å². The van der Waals surface area contributed by atoms with Gasteiger partial charge in [-0.15, -0.1) is 0 Å². The van der Waals surface area contributed by atoms with E-state index < -0.39 is 18.1 Å². The van der Waals surface area contributed by atoms with Crippen LogP contribution in [0.1, 0.15) is 40.3 Å². The smallest absolute Gasteiger partial charge is 0.220 e. The Balaban J connectivity index is 3.20. The van der Waals surface area contributed by atoms with Crippen molar-refractivity contribution in [3.63, 3.8) is 0 Å². The number of nitrogens with two attached hydrogens (primary N) is 1. The second kappa shape index (κ2) is 5.50. The molecule has 0 aliphatic heterocycles. The monoisotopic (exact) mass is 251 g/mol. The molecule has 18 heavy (non-hydrogen) atoms. The molecule has 100 valence electrons. The van der Waals surface area contributed by atoms with Crippen molar-refractivity contribution >= 4 is 5.91 Å². The zero-order valence-corrected chi connectivity index (χ0v) is 11.3. The van der Waals surface area contributed by atoms with Gasteiger partial charge in [-0.3, -0.25) is 4.79 Å². The molecule has 0 aromatic heterocycles. The molecule has 4 heteroatoms. The standard InChI is InChI=1S/C14H21NO3/c1-7-5-8(2)10(4)13(9(7)3)14(18)11(16)6-12(15)17/h5,11,14,16,18H,6H2,1-4H3,(H2,15,17). The van der Waals surface area contributed by atoms with E-state index in [1.165, 1.54) is 0 Å². The molecule has 4 nitrogen and oxygen atoms in total. The molecule has 2 unspecified atom stereocenters. The lowest BCUT2D eigenvalue weighted by Crippen LogP contribution is -2.27. The Labute approximate surface area is 107 Å². The van der Waals surface area contributed by atoms with Crippen molar-refractivity contribution in [2.75, 3.05) is 0 Å². The second-order valence-electron chi connectivity index (χ2n) is 4.86. The zero-order valence-electron chi connectivity index (χ0n) is 11.3. The molecule has 2 atom stereocenters. The number of aliphatic hydroxyl groups excluding tert-OH is 2. The minimum absolute atomic E-state index is 0.243. The summed E-state index contributed by atoms with van der Waals surface area (Å²) in [6.07, 6.45) is -2.50. The highest BCUT2D eigenvalue weighted by Crippen LogP contribution is 2.29. The van der Waals surface area contributed by atoms with E-state index in [0.717, 1.165) is 22.3 Å². The van der Waals surface area contributed by atoms with Crippen LogP contribution in [0, 0.1) is 27.7 Å². The second-order valence-corrected chi connectivity index (χ2v) is 4.86. The molecule has 0 spiro atoms. The number of hydrogen-bond donors (Lipinski definition) is 3. The molecule has 0 fully saturated rings. The van der Waals surface area contributed by atoms with Gasteiger partial charge < -0.3 is 15.9 Å². The number of amides is 1. The average molecular weight is 251 g/mol. The van der Waals surface area contributed by atoms with E-state index in [1.807, 2.05) is 33.8 Å². The van der Waals surface area contributed by atoms with Crippen LogP contribution in [0.2, 0.25) is 0 Å². The number of benzene rings is 1. The fraction of sp³-hybridized carbons (Fsp3) is 0.500. The zero-order chi connectivity index (χ0) is 14.0.